The van der Waals surface area contributed by atoms with E-state index in [0.717, 1.165) is 52.7 Å². The molecule has 26 heavy (non-hydrogen) atoms. The molecule has 0 spiro atoms. The predicted octanol–water partition coefficient (Wildman–Crippen LogP) is 5.74. The van der Waals surface area contributed by atoms with Gasteiger partial charge >= 0.3 is 0 Å². The minimum absolute atomic E-state index is 0.764. The molecular weight excluding hydrogens is 342 g/mol. The largest absolute Gasteiger partial charge is 0.493 e. The summed E-state index contributed by atoms with van der Waals surface area (Å²) in [5, 5.41) is 7.10. The molecule has 0 unspecified atom stereocenters. The second kappa shape index (κ2) is 9.15. The quantitative estimate of drug-likeness (QED) is 0.314. The third kappa shape index (κ3) is 4.92. The molecule has 1 heterocycles. The number of aryl methyl sites for hydroxylation is 1. The summed E-state index contributed by atoms with van der Waals surface area (Å²) in [6.07, 6.45) is 4.01. The minimum atomic E-state index is 0.764. The van der Waals surface area contributed by atoms with E-state index in [4.69, 9.17) is 4.74 Å². The van der Waals surface area contributed by atoms with Crippen LogP contribution in [-0.2, 0) is 0 Å². The molecule has 1 N–H and O–H groups in total. The lowest BCUT2D eigenvalue weighted by atomic mass is 10.1. The van der Waals surface area contributed by atoms with Crippen molar-refractivity contribution in [2.75, 3.05) is 12.0 Å². The number of hydrogen-bond acceptors (Lipinski definition) is 5. The van der Waals surface area contributed by atoms with Crippen molar-refractivity contribution < 1.29 is 4.74 Å². The van der Waals surface area contributed by atoms with Crippen molar-refractivity contribution in [3.05, 3.63) is 65.0 Å². The Bertz CT molecular complexity index is 859. The summed E-state index contributed by atoms with van der Waals surface area (Å²) in [6.45, 7) is 4.98. The number of hydrogen-bond donors (Lipinski definition) is 1. The third-order valence-corrected chi connectivity index (χ3v) is 4.65. The Kier molecular flexibility index (Phi) is 6.39. The van der Waals surface area contributed by atoms with Crippen molar-refractivity contribution in [1.82, 2.24) is 4.98 Å². The maximum absolute atomic E-state index is 5.78. The summed E-state index contributed by atoms with van der Waals surface area (Å²) in [5.41, 5.74) is 7.21. The fourth-order valence-electron chi connectivity index (χ4n) is 2.47. The molecule has 2 aromatic carbocycles. The first kappa shape index (κ1) is 18.1. The molecule has 0 fully saturated rings. The molecule has 5 heteroatoms. The molecule has 0 bridgehead atoms. The fraction of sp³-hybridized carbons (Fsp3) is 0.238. The summed E-state index contributed by atoms with van der Waals surface area (Å²) in [7, 11) is 0. The van der Waals surface area contributed by atoms with Gasteiger partial charge in [0.05, 0.1) is 18.5 Å². The number of rotatable bonds is 8. The van der Waals surface area contributed by atoms with E-state index in [1.54, 1.807) is 17.6 Å². The van der Waals surface area contributed by atoms with Gasteiger partial charge in [0.1, 0.15) is 5.75 Å². The summed E-state index contributed by atoms with van der Waals surface area (Å²) in [5.74, 6) is 0.941. The van der Waals surface area contributed by atoms with E-state index in [2.05, 4.69) is 47.6 Å². The first-order valence-electron chi connectivity index (χ1n) is 8.79. The molecule has 3 aromatic rings. The van der Waals surface area contributed by atoms with Crippen LogP contribution in [0.1, 0.15) is 30.9 Å². The third-order valence-electron chi connectivity index (χ3n) is 3.90. The molecule has 0 saturated carbocycles. The molecule has 0 aliphatic rings. The molecule has 0 amide bonds. The lowest BCUT2D eigenvalue weighted by Gasteiger charge is -2.08. The maximum Gasteiger partial charge on any atom is 0.203 e. The van der Waals surface area contributed by atoms with Gasteiger partial charge in [-0.15, -0.1) is 11.3 Å². The first-order valence-corrected chi connectivity index (χ1v) is 9.67. The fourth-order valence-corrected chi connectivity index (χ4v) is 3.14. The zero-order chi connectivity index (χ0) is 18.2. The molecule has 0 atom stereocenters. The van der Waals surface area contributed by atoms with Gasteiger partial charge in [-0.2, -0.15) is 5.10 Å². The van der Waals surface area contributed by atoms with Gasteiger partial charge < -0.3 is 4.74 Å². The van der Waals surface area contributed by atoms with Crippen molar-refractivity contribution in [2.45, 2.75) is 26.7 Å². The van der Waals surface area contributed by atoms with Crippen LogP contribution in [0.5, 0.6) is 5.75 Å². The Morgan fingerprint density at radius 2 is 2.04 bits per heavy atom. The van der Waals surface area contributed by atoms with Gasteiger partial charge in [0.15, 0.2) is 0 Å². The van der Waals surface area contributed by atoms with Gasteiger partial charge in [0, 0.05) is 10.9 Å². The van der Waals surface area contributed by atoms with Crippen LogP contribution < -0.4 is 10.2 Å². The monoisotopic (exact) mass is 365 g/mol. The Balaban J connectivity index is 1.59. The molecule has 0 saturated heterocycles. The average Bonchev–Trinajstić information content (AvgIpc) is 3.13. The summed E-state index contributed by atoms with van der Waals surface area (Å²) < 4.78 is 5.78. The number of nitrogens with zero attached hydrogens (tertiary/aromatic N) is 2. The lowest BCUT2D eigenvalue weighted by Crippen LogP contribution is -1.99. The van der Waals surface area contributed by atoms with Crippen LogP contribution in [0.15, 0.2) is 59.0 Å². The minimum Gasteiger partial charge on any atom is -0.493 e. The Labute approximate surface area is 158 Å². The van der Waals surface area contributed by atoms with Crippen LogP contribution >= 0.6 is 11.3 Å². The van der Waals surface area contributed by atoms with Gasteiger partial charge in [-0.1, -0.05) is 43.7 Å². The van der Waals surface area contributed by atoms with E-state index < -0.39 is 0 Å². The number of unbranched alkanes of at least 4 members (excludes halogenated alkanes) is 1. The molecular formula is C21H23N3OS. The van der Waals surface area contributed by atoms with E-state index in [9.17, 15) is 0 Å². The Morgan fingerprint density at radius 1 is 1.19 bits per heavy atom. The smallest absolute Gasteiger partial charge is 0.203 e. The second-order valence-corrected chi connectivity index (χ2v) is 6.86. The standard InChI is InChI=1S/C21H23N3OS/c1-3-4-12-25-20-11-10-17(13-16(20)2)14-22-24-21-23-19(15-26-21)18-8-6-5-7-9-18/h5-11,13-15H,3-4,12H2,1-2H3,(H,23,24). The van der Waals surface area contributed by atoms with Crippen LogP contribution in [0.2, 0.25) is 0 Å². The van der Waals surface area contributed by atoms with E-state index >= 15 is 0 Å². The van der Waals surface area contributed by atoms with E-state index in [1.807, 2.05) is 35.7 Å². The van der Waals surface area contributed by atoms with Crippen LogP contribution in [-0.4, -0.2) is 17.8 Å². The van der Waals surface area contributed by atoms with E-state index in [-0.39, 0.29) is 0 Å². The normalized spacial score (nSPS) is 11.0. The topological polar surface area (TPSA) is 46.5 Å². The van der Waals surface area contributed by atoms with Crippen molar-refractivity contribution in [3.63, 3.8) is 0 Å². The highest BCUT2D eigenvalue weighted by Crippen LogP contribution is 2.24. The van der Waals surface area contributed by atoms with Gasteiger partial charge in [-0.05, 0) is 42.7 Å². The zero-order valence-electron chi connectivity index (χ0n) is 15.1. The van der Waals surface area contributed by atoms with Crippen LogP contribution in [0, 0.1) is 6.92 Å². The summed E-state index contributed by atoms with van der Waals surface area (Å²) in [4.78, 5) is 4.56. The number of anilines is 1. The molecule has 4 nitrogen and oxygen atoms in total. The van der Waals surface area contributed by atoms with Crippen molar-refractivity contribution in [2.24, 2.45) is 5.10 Å². The molecule has 0 radical (unpaired) electrons. The highest BCUT2D eigenvalue weighted by Gasteiger charge is 2.03. The van der Waals surface area contributed by atoms with Crippen molar-refractivity contribution in [1.29, 1.82) is 0 Å². The number of nitrogens with one attached hydrogen (secondary N) is 1. The Morgan fingerprint density at radius 3 is 2.81 bits per heavy atom. The highest BCUT2D eigenvalue weighted by molar-refractivity contribution is 7.14. The molecule has 0 aliphatic heterocycles. The van der Waals surface area contributed by atoms with Gasteiger partial charge in [0.2, 0.25) is 5.13 Å². The highest BCUT2D eigenvalue weighted by atomic mass is 32.1. The van der Waals surface area contributed by atoms with Crippen molar-refractivity contribution >= 4 is 22.7 Å². The van der Waals surface area contributed by atoms with Gasteiger partial charge in [-0.3, -0.25) is 5.43 Å². The van der Waals surface area contributed by atoms with Gasteiger partial charge in [-0.25, -0.2) is 4.98 Å². The first-order chi connectivity index (χ1) is 12.8. The van der Waals surface area contributed by atoms with E-state index in [0.29, 0.717) is 0 Å². The number of ether oxygens (including phenoxy) is 1. The Hall–Kier alpha value is -2.66. The molecule has 1 aromatic heterocycles. The number of benzene rings is 2. The van der Waals surface area contributed by atoms with Gasteiger partial charge in [0.25, 0.3) is 0 Å². The van der Waals surface area contributed by atoms with Crippen LogP contribution in [0.25, 0.3) is 11.3 Å². The molecule has 0 aliphatic carbocycles. The zero-order valence-corrected chi connectivity index (χ0v) is 15.9. The van der Waals surface area contributed by atoms with Crippen LogP contribution in [0.3, 0.4) is 0 Å². The molecule has 134 valence electrons. The second-order valence-electron chi connectivity index (χ2n) is 6.00. The predicted molar refractivity (Wildman–Crippen MR) is 110 cm³/mol. The number of thiazole rings is 1. The number of aromatic nitrogens is 1. The maximum atomic E-state index is 5.78. The SMILES string of the molecule is CCCCOc1ccc(C=NNc2nc(-c3ccccc3)cs2)cc1C. The summed E-state index contributed by atoms with van der Waals surface area (Å²) >= 11 is 1.54. The van der Waals surface area contributed by atoms with E-state index in [1.165, 1.54) is 0 Å². The van der Waals surface area contributed by atoms with Crippen molar-refractivity contribution in [3.8, 4) is 17.0 Å². The average molecular weight is 366 g/mol. The number of hydrazone groups is 1. The lowest BCUT2D eigenvalue weighted by molar-refractivity contribution is 0.307. The van der Waals surface area contributed by atoms with Crippen LogP contribution in [0.4, 0.5) is 5.13 Å². The molecule has 3 rings (SSSR count). The summed E-state index contributed by atoms with van der Waals surface area (Å²) in [6, 6.07) is 16.2.